The molecule has 1 heterocycles. The van der Waals surface area contributed by atoms with Gasteiger partial charge < -0.3 is 4.90 Å². The Morgan fingerprint density at radius 2 is 2.18 bits per heavy atom. The summed E-state index contributed by atoms with van der Waals surface area (Å²) in [4.78, 5) is 2.53. The predicted octanol–water partition coefficient (Wildman–Crippen LogP) is 5.00. The molecule has 17 heavy (non-hydrogen) atoms. The van der Waals surface area contributed by atoms with E-state index in [9.17, 15) is 0 Å². The highest BCUT2D eigenvalue weighted by atomic mass is 79.9. The minimum Gasteiger partial charge on any atom is -0.364 e. The summed E-state index contributed by atoms with van der Waals surface area (Å²) in [6, 6.07) is 7.43. The quantitative estimate of drug-likeness (QED) is 0.709. The van der Waals surface area contributed by atoms with Crippen LogP contribution in [0.25, 0.3) is 0 Å². The normalized spacial score (nSPS) is 24.4. The molecule has 0 N–H and O–H groups in total. The third-order valence-corrected chi connectivity index (χ3v) is 4.64. The van der Waals surface area contributed by atoms with E-state index in [1.807, 2.05) is 12.1 Å². The van der Waals surface area contributed by atoms with Crippen molar-refractivity contribution in [3.63, 3.8) is 0 Å². The molecule has 2 atom stereocenters. The van der Waals surface area contributed by atoms with Crippen LogP contribution in [0.2, 0.25) is 5.02 Å². The van der Waals surface area contributed by atoms with Gasteiger partial charge in [0.2, 0.25) is 0 Å². The SMILES string of the molecule is CCC1CCC(C)N1c1c(Cl)cccc1CBr. The molecule has 1 aromatic carbocycles. The van der Waals surface area contributed by atoms with Crippen molar-refractivity contribution in [3.05, 3.63) is 28.8 Å². The Morgan fingerprint density at radius 1 is 1.41 bits per heavy atom. The van der Waals surface area contributed by atoms with Gasteiger partial charge in [0.15, 0.2) is 0 Å². The van der Waals surface area contributed by atoms with Crippen molar-refractivity contribution in [3.8, 4) is 0 Å². The van der Waals surface area contributed by atoms with E-state index in [4.69, 9.17) is 11.6 Å². The van der Waals surface area contributed by atoms with Crippen LogP contribution in [-0.2, 0) is 5.33 Å². The standard InChI is InChI=1S/C14H19BrClN/c1-3-12-8-7-10(2)17(12)14-11(9-15)5-4-6-13(14)16/h4-6,10,12H,3,7-9H2,1-2H3. The van der Waals surface area contributed by atoms with E-state index in [2.05, 4.69) is 40.7 Å². The maximum Gasteiger partial charge on any atom is 0.0642 e. The molecule has 2 unspecified atom stereocenters. The van der Waals surface area contributed by atoms with Gasteiger partial charge in [-0.2, -0.15) is 0 Å². The molecule has 0 spiro atoms. The van der Waals surface area contributed by atoms with Crippen molar-refractivity contribution in [2.24, 2.45) is 0 Å². The van der Waals surface area contributed by atoms with Crippen molar-refractivity contribution in [2.45, 2.75) is 50.5 Å². The largest absolute Gasteiger partial charge is 0.364 e. The zero-order valence-electron chi connectivity index (χ0n) is 10.4. The second-order valence-electron chi connectivity index (χ2n) is 4.78. The van der Waals surface area contributed by atoms with E-state index in [1.165, 1.54) is 30.5 Å². The van der Waals surface area contributed by atoms with Crippen molar-refractivity contribution in [1.29, 1.82) is 0 Å². The molecule has 1 aliphatic rings. The third kappa shape index (κ3) is 2.48. The van der Waals surface area contributed by atoms with Gasteiger partial charge in [-0.05, 0) is 37.8 Å². The van der Waals surface area contributed by atoms with Crippen molar-refractivity contribution >= 4 is 33.2 Å². The van der Waals surface area contributed by atoms with Crippen LogP contribution in [0.4, 0.5) is 5.69 Å². The lowest BCUT2D eigenvalue weighted by Gasteiger charge is -2.32. The molecule has 1 fully saturated rings. The Labute approximate surface area is 117 Å². The van der Waals surface area contributed by atoms with Crippen molar-refractivity contribution in [2.75, 3.05) is 4.90 Å². The molecule has 1 nitrogen and oxygen atoms in total. The van der Waals surface area contributed by atoms with Gasteiger partial charge in [0, 0.05) is 17.4 Å². The Kier molecular flexibility index (Phi) is 4.37. The number of benzene rings is 1. The molecule has 0 aliphatic carbocycles. The zero-order chi connectivity index (χ0) is 12.4. The number of para-hydroxylation sites is 1. The van der Waals surface area contributed by atoms with Crippen molar-refractivity contribution < 1.29 is 0 Å². The van der Waals surface area contributed by atoms with E-state index >= 15 is 0 Å². The molecule has 94 valence electrons. The first-order valence-corrected chi connectivity index (χ1v) is 7.80. The number of hydrogen-bond donors (Lipinski definition) is 0. The number of hydrogen-bond acceptors (Lipinski definition) is 1. The predicted molar refractivity (Wildman–Crippen MR) is 79.3 cm³/mol. The molecule has 0 amide bonds. The van der Waals surface area contributed by atoms with Crippen LogP contribution in [-0.4, -0.2) is 12.1 Å². The highest BCUT2D eigenvalue weighted by molar-refractivity contribution is 9.08. The minimum absolute atomic E-state index is 0.595. The van der Waals surface area contributed by atoms with Crippen LogP contribution < -0.4 is 4.90 Å². The summed E-state index contributed by atoms with van der Waals surface area (Å²) in [5.41, 5.74) is 2.53. The highest BCUT2D eigenvalue weighted by Crippen LogP contribution is 2.39. The summed E-state index contributed by atoms with van der Waals surface area (Å²) in [5, 5.41) is 1.75. The van der Waals surface area contributed by atoms with E-state index in [0.29, 0.717) is 12.1 Å². The van der Waals surface area contributed by atoms with Gasteiger partial charge in [0.1, 0.15) is 0 Å². The molecule has 0 saturated carbocycles. The number of rotatable bonds is 3. The first-order chi connectivity index (χ1) is 8.19. The summed E-state index contributed by atoms with van der Waals surface area (Å²) < 4.78 is 0. The number of anilines is 1. The van der Waals surface area contributed by atoms with Gasteiger partial charge in [-0.15, -0.1) is 0 Å². The van der Waals surface area contributed by atoms with Gasteiger partial charge in [-0.25, -0.2) is 0 Å². The summed E-state index contributed by atoms with van der Waals surface area (Å²) >= 11 is 9.98. The van der Waals surface area contributed by atoms with Crippen LogP contribution in [0.3, 0.4) is 0 Å². The van der Waals surface area contributed by atoms with E-state index in [0.717, 1.165) is 10.4 Å². The van der Waals surface area contributed by atoms with Crippen molar-refractivity contribution in [1.82, 2.24) is 0 Å². The average molecular weight is 317 g/mol. The van der Waals surface area contributed by atoms with Gasteiger partial charge in [0.05, 0.1) is 10.7 Å². The summed E-state index contributed by atoms with van der Waals surface area (Å²) in [5.74, 6) is 0. The Balaban J connectivity index is 2.44. The second-order valence-corrected chi connectivity index (χ2v) is 5.74. The zero-order valence-corrected chi connectivity index (χ0v) is 12.8. The van der Waals surface area contributed by atoms with Crippen LogP contribution in [0.1, 0.15) is 38.7 Å². The van der Waals surface area contributed by atoms with E-state index < -0.39 is 0 Å². The molecule has 2 rings (SSSR count). The Hall–Kier alpha value is -0.210. The Morgan fingerprint density at radius 3 is 2.82 bits per heavy atom. The summed E-state index contributed by atoms with van der Waals surface area (Å²) in [6.07, 6.45) is 3.74. The van der Waals surface area contributed by atoms with Gasteiger partial charge in [0.25, 0.3) is 0 Å². The fraction of sp³-hybridized carbons (Fsp3) is 0.571. The van der Waals surface area contributed by atoms with Crippen LogP contribution in [0, 0.1) is 0 Å². The fourth-order valence-electron chi connectivity index (χ4n) is 2.83. The lowest BCUT2D eigenvalue weighted by atomic mass is 10.1. The summed E-state index contributed by atoms with van der Waals surface area (Å²) in [6.45, 7) is 4.57. The van der Waals surface area contributed by atoms with E-state index in [-0.39, 0.29) is 0 Å². The minimum atomic E-state index is 0.595. The van der Waals surface area contributed by atoms with Crippen LogP contribution in [0.5, 0.6) is 0 Å². The second kappa shape index (κ2) is 5.62. The number of nitrogens with zero attached hydrogens (tertiary/aromatic N) is 1. The number of halogens is 2. The molecular weight excluding hydrogens is 298 g/mol. The van der Waals surface area contributed by atoms with Gasteiger partial charge in [-0.3, -0.25) is 0 Å². The fourth-order valence-corrected chi connectivity index (χ4v) is 3.58. The molecule has 0 radical (unpaired) electrons. The molecule has 3 heteroatoms. The molecular formula is C14H19BrClN. The lowest BCUT2D eigenvalue weighted by molar-refractivity contribution is 0.626. The first kappa shape index (κ1) is 13.2. The van der Waals surface area contributed by atoms with Gasteiger partial charge in [-0.1, -0.05) is 46.6 Å². The van der Waals surface area contributed by atoms with Crippen LogP contribution in [0.15, 0.2) is 18.2 Å². The number of alkyl halides is 1. The van der Waals surface area contributed by atoms with Gasteiger partial charge >= 0.3 is 0 Å². The maximum atomic E-state index is 6.41. The van der Waals surface area contributed by atoms with E-state index in [1.54, 1.807) is 0 Å². The Bertz CT molecular complexity index is 394. The lowest BCUT2D eigenvalue weighted by Crippen LogP contribution is -2.35. The summed E-state index contributed by atoms with van der Waals surface area (Å²) in [7, 11) is 0. The molecule has 0 aromatic heterocycles. The monoisotopic (exact) mass is 315 g/mol. The first-order valence-electron chi connectivity index (χ1n) is 6.30. The van der Waals surface area contributed by atoms with Crippen LogP contribution >= 0.6 is 27.5 Å². The smallest absolute Gasteiger partial charge is 0.0642 e. The average Bonchev–Trinajstić information content (AvgIpc) is 2.70. The maximum absolute atomic E-state index is 6.41. The molecule has 0 bridgehead atoms. The third-order valence-electron chi connectivity index (χ3n) is 3.73. The molecule has 1 aliphatic heterocycles. The molecule has 1 aromatic rings. The highest BCUT2D eigenvalue weighted by Gasteiger charge is 2.31. The molecule has 1 saturated heterocycles. The topological polar surface area (TPSA) is 3.24 Å².